The van der Waals surface area contributed by atoms with E-state index in [4.69, 9.17) is 5.26 Å². The van der Waals surface area contributed by atoms with Gasteiger partial charge in [0.25, 0.3) is 0 Å². The van der Waals surface area contributed by atoms with E-state index in [-0.39, 0.29) is 5.82 Å². The summed E-state index contributed by atoms with van der Waals surface area (Å²) in [7, 11) is 0. The van der Waals surface area contributed by atoms with Gasteiger partial charge in [0.2, 0.25) is 0 Å². The molecule has 2 rings (SSSR count). The second kappa shape index (κ2) is 3.67. The molecule has 1 fully saturated rings. The van der Waals surface area contributed by atoms with Crippen LogP contribution in [0, 0.1) is 17.1 Å². The minimum Gasteiger partial charge on any atom is -0.380 e. The standard InChI is InChI=1S/C11H11FN2/c12-10-6-8(7-13)4-5-11(10)14-9-2-1-3-9/h4-6,9,14H,1-3H2. The average molecular weight is 190 g/mol. The van der Waals surface area contributed by atoms with Crippen LogP contribution in [0.15, 0.2) is 18.2 Å². The van der Waals surface area contributed by atoms with Crippen LogP contribution >= 0.6 is 0 Å². The van der Waals surface area contributed by atoms with Crippen LogP contribution < -0.4 is 5.32 Å². The molecule has 1 aromatic carbocycles. The van der Waals surface area contributed by atoms with Gasteiger partial charge in [-0.15, -0.1) is 0 Å². The summed E-state index contributed by atoms with van der Waals surface area (Å²) < 4.78 is 13.3. The molecule has 1 aromatic rings. The Labute approximate surface area is 82.4 Å². The van der Waals surface area contributed by atoms with Gasteiger partial charge in [-0.05, 0) is 37.5 Å². The van der Waals surface area contributed by atoms with Crippen LogP contribution in [-0.4, -0.2) is 6.04 Å². The number of nitrogens with one attached hydrogen (secondary N) is 1. The number of halogens is 1. The van der Waals surface area contributed by atoms with Crippen LogP contribution in [0.2, 0.25) is 0 Å². The quantitative estimate of drug-likeness (QED) is 0.778. The van der Waals surface area contributed by atoms with Crippen molar-refractivity contribution < 1.29 is 4.39 Å². The summed E-state index contributed by atoms with van der Waals surface area (Å²) in [6.07, 6.45) is 3.44. The first-order valence-electron chi connectivity index (χ1n) is 4.76. The van der Waals surface area contributed by atoms with Crippen molar-refractivity contribution in [2.45, 2.75) is 25.3 Å². The molecule has 1 saturated carbocycles. The molecule has 0 heterocycles. The molecular weight excluding hydrogens is 179 g/mol. The summed E-state index contributed by atoms with van der Waals surface area (Å²) in [5.41, 5.74) is 0.871. The number of nitriles is 1. The van der Waals surface area contributed by atoms with E-state index in [9.17, 15) is 4.39 Å². The number of rotatable bonds is 2. The van der Waals surface area contributed by atoms with E-state index in [1.807, 2.05) is 6.07 Å². The van der Waals surface area contributed by atoms with Crippen molar-refractivity contribution in [3.8, 4) is 6.07 Å². The normalized spacial score (nSPS) is 15.7. The zero-order valence-electron chi connectivity index (χ0n) is 7.76. The minimum atomic E-state index is -0.337. The Morgan fingerprint density at radius 2 is 2.21 bits per heavy atom. The summed E-state index contributed by atoms with van der Waals surface area (Å²) in [6, 6.07) is 6.85. The molecule has 14 heavy (non-hydrogen) atoms. The molecule has 0 atom stereocenters. The summed E-state index contributed by atoms with van der Waals surface area (Å²) in [5.74, 6) is -0.337. The summed E-state index contributed by atoms with van der Waals surface area (Å²) in [6.45, 7) is 0. The highest BCUT2D eigenvalue weighted by molar-refractivity contribution is 5.49. The molecule has 72 valence electrons. The number of hydrogen-bond acceptors (Lipinski definition) is 2. The molecule has 0 amide bonds. The predicted octanol–water partition coefficient (Wildman–Crippen LogP) is 2.66. The number of nitrogens with zero attached hydrogens (tertiary/aromatic N) is 1. The molecule has 1 aliphatic rings. The van der Waals surface area contributed by atoms with Gasteiger partial charge in [0.1, 0.15) is 5.82 Å². The van der Waals surface area contributed by atoms with Gasteiger partial charge in [-0.25, -0.2) is 4.39 Å². The lowest BCUT2D eigenvalue weighted by Gasteiger charge is -2.27. The van der Waals surface area contributed by atoms with Gasteiger partial charge in [0.15, 0.2) is 0 Å². The maximum atomic E-state index is 13.3. The van der Waals surface area contributed by atoms with E-state index in [1.54, 1.807) is 12.1 Å². The summed E-state index contributed by atoms with van der Waals surface area (Å²) in [5, 5.41) is 11.7. The molecular formula is C11H11FN2. The first-order chi connectivity index (χ1) is 6.79. The molecule has 1 aliphatic carbocycles. The largest absolute Gasteiger partial charge is 0.380 e. The fourth-order valence-electron chi connectivity index (χ4n) is 1.47. The van der Waals surface area contributed by atoms with Crippen molar-refractivity contribution in [2.75, 3.05) is 5.32 Å². The van der Waals surface area contributed by atoms with Gasteiger partial charge in [-0.1, -0.05) is 0 Å². The Hall–Kier alpha value is -1.56. The van der Waals surface area contributed by atoms with Crippen molar-refractivity contribution in [3.05, 3.63) is 29.6 Å². The Balaban J connectivity index is 2.14. The second-order valence-corrected chi connectivity index (χ2v) is 3.58. The van der Waals surface area contributed by atoms with Gasteiger partial charge < -0.3 is 5.32 Å². The van der Waals surface area contributed by atoms with E-state index in [0.717, 1.165) is 12.8 Å². The Morgan fingerprint density at radius 1 is 1.43 bits per heavy atom. The van der Waals surface area contributed by atoms with Crippen LogP contribution in [0.4, 0.5) is 10.1 Å². The van der Waals surface area contributed by atoms with Crippen molar-refractivity contribution in [3.63, 3.8) is 0 Å². The number of anilines is 1. The second-order valence-electron chi connectivity index (χ2n) is 3.58. The van der Waals surface area contributed by atoms with E-state index in [1.165, 1.54) is 12.5 Å². The molecule has 0 bridgehead atoms. The topological polar surface area (TPSA) is 35.8 Å². The van der Waals surface area contributed by atoms with Crippen LogP contribution in [0.1, 0.15) is 24.8 Å². The number of benzene rings is 1. The SMILES string of the molecule is N#Cc1ccc(NC2CCC2)c(F)c1. The number of hydrogen-bond donors (Lipinski definition) is 1. The van der Waals surface area contributed by atoms with Crippen LogP contribution in [0.5, 0.6) is 0 Å². The highest BCUT2D eigenvalue weighted by Crippen LogP contribution is 2.25. The van der Waals surface area contributed by atoms with Gasteiger partial charge in [0.05, 0.1) is 17.3 Å². The third-order valence-corrected chi connectivity index (χ3v) is 2.56. The van der Waals surface area contributed by atoms with Crippen molar-refractivity contribution in [1.29, 1.82) is 5.26 Å². The molecule has 3 heteroatoms. The average Bonchev–Trinajstić information content (AvgIpc) is 2.13. The van der Waals surface area contributed by atoms with Gasteiger partial charge in [-0.2, -0.15) is 5.26 Å². The van der Waals surface area contributed by atoms with Gasteiger partial charge >= 0.3 is 0 Å². The van der Waals surface area contributed by atoms with Crippen LogP contribution in [0.25, 0.3) is 0 Å². The van der Waals surface area contributed by atoms with Gasteiger partial charge in [0, 0.05) is 6.04 Å². The highest BCUT2D eigenvalue weighted by atomic mass is 19.1. The highest BCUT2D eigenvalue weighted by Gasteiger charge is 2.18. The zero-order chi connectivity index (χ0) is 9.97. The summed E-state index contributed by atoms with van der Waals surface area (Å²) in [4.78, 5) is 0. The first-order valence-corrected chi connectivity index (χ1v) is 4.76. The van der Waals surface area contributed by atoms with E-state index in [2.05, 4.69) is 5.32 Å². The molecule has 1 N–H and O–H groups in total. The third-order valence-electron chi connectivity index (χ3n) is 2.56. The Bertz CT molecular complexity index is 377. The third kappa shape index (κ3) is 1.69. The monoisotopic (exact) mass is 190 g/mol. The molecule has 0 saturated heterocycles. The lowest BCUT2D eigenvalue weighted by atomic mass is 9.93. The lowest BCUT2D eigenvalue weighted by Crippen LogP contribution is -2.27. The molecule has 0 radical (unpaired) electrons. The molecule has 0 aliphatic heterocycles. The van der Waals surface area contributed by atoms with Crippen LogP contribution in [-0.2, 0) is 0 Å². The molecule has 2 nitrogen and oxygen atoms in total. The van der Waals surface area contributed by atoms with E-state index in [0.29, 0.717) is 17.3 Å². The maximum absolute atomic E-state index is 13.3. The van der Waals surface area contributed by atoms with E-state index < -0.39 is 0 Å². The van der Waals surface area contributed by atoms with Crippen LogP contribution in [0.3, 0.4) is 0 Å². The minimum absolute atomic E-state index is 0.337. The predicted molar refractivity (Wildman–Crippen MR) is 52.4 cm³/mol. The summed E-state index contributed by atoms with van der Waals surface area (Å²) >= 11 is 0. The Kier molecular flexibility index (Phi) is 2.36. The lowest BCUT2D eigenvalue weighted by molar-refractivity contribution is 0.443. The van der Waals surface area contributed by atoms with Crippen molar-refractivity contribution >= 4 is 5.69 Å². The molecule has 0 spiro atoms. The van der Waals surface area contributed by atoms with Gasteiger partial charge in [-0.3, -0.25) is 0 Å². The van der Waals surface area contributed by atoms with Crippen molar-refractivity contribution in [2.24, 2.45) is 0 Å². The maximum Gasteiger partial charge on any atom is 0.147 e. The zero-order valence-corrected chi connectivity index (χ0v) is 7.76. The fourth-order valence-corrected chi connectivity index (χ4v) is 1.47. The van der Waals surface area contributed by atoms with E-state index >= 15 is 0 Å². The fraction of sp³-hybridized carbons (Fsp3) is 0.364. The molecule has 0 aromatic heterocycles. The van der Waals surface area contributed by atoms with Crippen molar-refractivity contribution in [1.82, 2.24) is 0 Å². The Morgan fingerprint density at radius 3 is 2.71 bits per heavy atom. The smallest absolute Gasteiger partial charge is 0.147 e. The first kappa shape index (κ1) is 9.01. The molecule has 0 unspecified atom stereocenters.